The molecule has 1 heterocycles. The minimum Gasteiger partial charge on any atom is -0.349 e. The molecule has 0 aliphatic rings. The van der Waals surface area contributed by atoms with Crippen molar-refractivity contribution in [1.29, 1.82) is 0 Å². The number of amides is 1. The van der Waals surface area contributed by atoms with Crippen LogP contribution < -0.4 is 10.6 Å². The SMILES string of the molecule is CCNCC(C)C(=O)NCc1ncc[nH]1. The number of imidazole rings is 1. The second-order valence-corrected chi connectivity index (χ2v) is 3.46. The highest BCUT2D eigenvalue weighted by molar-refractivity contribution is 5.78. The first-order chi connectivity index (χ1) is 7.24. The van der Waals surface area contributed by atoms with E-state index >= 15 is 0 Å². The molecule has 5 nitrogen and oxygen atoms in total. The molecule has 1 atom stereocenters. The maximum Gasteiger partial charge on any atom is 0.224 e. The van der Waals surface area contributed by atoms with E-state index < -0.39 is 0 Å². The third-order valence-electron chi connectivity index (χ3n) is 2.13. The lowest BCUT2D eigenvalue weighted by Gasteiger charge is -2.11. The quantitative estimate of drug-likeness (QED) is 0.631. The number of aromatic amines is 1. The Morgan fingerprint density at radius 2 is 2.47 bits per heavy atom. The van der Waals surface area contributed by atoms with Crippen LogP contribution in [0.3, 0.4) is 0 Å². The maximum atomic E-state index is 11.6. The minimum absolute atomic E-state index is 0.0140. The molecule has 84 valence electrons. The van der Waals surface area contributed by atoms with Gasteiger partial charge in [0.2, 0.25) is 5.91 Å². The molecular formula is C10H18N4O. The van der Waals surface area contributed by atoms with Gasteiger partial charge in [-0.15, -0.1) is 0 Å². The van der Waals surface area contributed by atoms with Crippen LogP contribution in [0.15, 0.2) is 12.4 Å². The van der Waals surface area contributed by atoms with Gasteiger partial charge in [0.25, 0.3) is 0 Å². The van der Waals surface area contributed by atoms with E-state index in [2.05, 4.69) is 20.6 Å². The summed E-state index contributed by atoms with van der Waals surface area (Å²) < 4.78 is 0. The van der Waals surface area contributed by atoms with Crippen LogP contribution >= 0.6 is 0 Å². The molecule has 0 radical (unpaired) electrons. The standard InChI is InChI=1S/C10H18N4O/c1-3-11-6-8(2)10(15)14-7-9-12-4-5-13-9/h4-5,8,11H,3,6-7H2,1-2H3,(H,12,13)(H,14,15). The van der Waals surface area contributed by atoms with Gasteiger partial charge in [0, 0.05) is 24.9 Å². The van der Waals surface area contributed by atoms with E-state index in [0.717, 1.165) is 12.4 Å². The van der Waals surface area contributed by atoms with E-state index in [9.17, 15) is 4.79 Å². The lowest BCUT2D eigenvalue weighted by Crippen LogP contribution is -2.35. The van der Waals surface area contributed by atoms with E-state index in [1.165, 1.54) is 0 Å². The molecular weight excluding hydrogens is 192 g/mol. The number of nitrogens with zero attached hydrogens (tertiary/aromatic N) is 1. The molecule has 5 heteroatoms. The summed E-state index contributed by atoms with van der Waals surface area (Å²) in [6, 6.07) is 0. The fourth-order valence-electron chi connectivity index (χ4n) is 1.19. The predicted molar refractivity (Wildman–Crippen MR) is 58.1 cm³/mol. The van der Waals surface area contributed by atoms with Gasteiger partial charge in [-0.2, -0.15) is 0 Å². The molecule has 0 aliphatic heterocycles. The molecule has 1 rings (SSSR count). The van der Waals surface area contributed by atoms with Gasteiger partial charge in [-0.3, -0.25) is 4.79 Å². The van der Waals surface area contributed by atoms with E-state index in [0.29, 0.717) is 13.1 Å². The first-order valence-corrected chi connectivity index (χ1v) is 5.20. The van der Waals surface area contributed by atoms with Crippen molar-refractivity contribution < 1.29 is 4.79 Å². The van der Waals surface area contributed by atoms with Crippen LogP contribution in [0.25, 0.3) is 0 Å². The van der Waals surface area contributed by atoms with E-state index in [1.54, 1.807) is 12.4 Å². The number of carbonyl (C=O) groups excluding carboxylic acids is 1. The highest BCUT2D eigenvalue weighted by Crippen LogP contribution is 1.94. The number of carbonyl (C=O) groups is 1. The van der Waals surface area contributed by atoms with Crippen LogP contribution in [-0.2, 0) is 11.3 Å². The molecule has 15 heavy (non-hydrogen) atoms. The lowest BCUT2D eigenvalue weighted by molar-refractivity contribution is -0.124. The molecule has 0 fully saturated rings. The highest BCUT2D eigenvalue weighted by Gasteiger charge is 2.11. The molecule has 0 bridgehead atoms. The van der Waals surface area contributed by atoms with Gasteiger partial charge in [0.1, 0.15) is 5.82 Å². The third kappa shape index (κ3) is 4.12. The number of rotatable bonds is 6. The topological polar surface area (TPSA) is 69.8 Å². The van der Waals surface area contributed by atoms with Crippen molar-refractivity contribution in [3.05, 3.63) is 18.2 Å². The van der Waals surface area contributed by atoms with Crippen LogP contribution in [0.5, 0.6) is 0 Å². The van der Waals surface area contributed by atoms with E-state index in [-0.39, 0.29) is 11.8 Å². The highest BCUT2D eigenvalue weighted by atomic mass is 16.1. The Balaban J connectivity index is 2.23. The van der Waals surface area contributed by atoms with Crippen molar-refractivity contribution in [3.63, 3.8) is 0 Å². The normalized spacial score (nSPS) is 12.4. The van der Waals surface area contributed by atoms with Crippen molar-refractivity contribution in [2.45, 2.75) is 20.4 Å². The van der Waals surface area contributed by atoms with Crippen LogP contribution in [0.2, 0.25) is 0 Å². The summed E-state index contributed by atoms with van der Waals surface area (Å²) in [4.78, 5) is 18.5. The molecule has 0 aromatic carbocycles. The second-order valence-electron chi connectivity index (χ2n) is 3.46. The summed E-state index contributed by atoms with van der Waals surface area (Å²) in [6.07, 6.45) is 3.41. The summed E-state index contributed by atoms with van der Waals surface area (Å²) in [5.74, 6) is 0.811. The Morgan fingerprint density at radius 1 is 1.67 bits per heavy atom. The fraction of sp³-hybridized carbons (Fsp3) is 0.600. The van der Waals surface area contributed by atoms with Crippen molar-refractivity contribution in [2.24, 2.45) is 5.92 Å². The Bertz CT molecular complexity index is 284. The minimum atomic E-state index is -0.0140. The third-order valence-corrected chi connectivity index (χ3v) is 2.13. The molecule has 0 saturated heterocycles. The summed E-state index contributed by atoms with van der Waals surface area (Å²) in [7, 11) is 0. The van der Waals surface area contributed by atoms with Gasteiger partial charge in [-0.25, -0.2) is 4.98 Å². The van der Waals surface area contributed by atoms with Crippen molar-refractivity contribution in [3.8, 4) is 0 Å². The van der Waals surface area contributed by atoms with Gasteiger partial charge in [-0.05, 0) is 6.54 Å². The molecule has 1 aromatic heterocycles. The van der Waals surface area contributed by atoms with Gasteiger partial charge in [-0.1, -0.05) is 13.8 Å². The van der Waals surface area contributed by atoms with Crippen LogP contribution in [0.4, 0.5) is 0 Å². The van der Waals surface area contributed by atoms with Crippen molar-refractivity contribution >= 4 is 5.91 Å². The average molecular weight is 210 g/mol. The summed E-state index contributed by atoms with van der Waals surface area (Å²) in [5, 5.41) is 5.96. The number of hydrogen-bond acceptors (Lipinski definition) is 3. The second kappa shape index (κ2) is 6.19. The van der Waals surface area contributed by atoms with E-state index in [1.807, 2.05) is 13.8 Å². The smallest absolute Gasteiger partial charge is 0.224 e. The summed E-state index contributed by atoms with van der Waals surface area (Å²) >= 11 is 0. The first kappa shape index (κ1) is 11.7. The zero-order valence-corrected chi connectivity index (χ0v) is 9.21. The van der Waals surface area contributed by atoms with E-state index in [4.69, 9.17) is 0 Å². The zero-order chi connectivity index (χ0) is 11.1. The number of aromatic nitrogens is 2. The van der Waals surface area contributed by atoms with Crippen LogP contribution in [0, 0.1) is 5.92 Å². The fourth-order valence-corrected chi connectivity index (χ4v) is 1.19. The molecule has 0 aliphatic carbocycles. The number of H-pyrrole nitrogens is 1. The van der Waals surface area contributed by atoms with Gasteiger partial charge >= 0.3 is 0 Å². The Hall–Kier alpha value is -1.36. The summed E-state index contributed by atoms with van der Waals surface area (Å²) in [6.45, 7) is 5.98. The Kier molecular flexibility index (Phi) is 4.83. The Morgan fingerprint density at radius 3 is 3.07 bits per heavy atom. The average Bonchev–Trinajstić information content (AvgIpc) is 2.75. The van der Waals surface area contributed by atoms with Crippen LogP contribution in [0.1, 0.15) is 19.7 Å². The largest absolute Gasteiger partial charge is 0.349 e. The van der Waals surface area contributed by atoms with Crippen molar-refractivity contribution in [2.75, 3.05) is 13.1 Å². The number of nitrogens with one attached hydrogen (secondary N) is 3. The van der Waals surface area contributed by atoms with Gasteiger partial charge in [0.05, 0.1) is 6.54 Å². The van der Waals surface area contributed by atoms with Crippen molar-refractivity contribution in [1.82, 2.24) is 20.6 Å². The van der Waals surface area contributed by atoms with Crippen LogP contribution in [-0.4, -0.2) is 29.0 Å². The molecule has 1 unspecified atom stereocenters. The predicted octanol–water partition coefficient (Wildman–Crippen LogP) is 0.272. The first-order valence-electron chi connectivity index (χ1n) is 5.20. The molecule has 3 N–H and O–H groups in total. The lowest BCUT2D eigenvalue weighted by atomic mass is 10.1. The molecule has 0 saturated carbocycles. The molecule has 1 amide bonds. The Labute approximate surface area is 89.7 Å². The molecule has 1 aromatic rings. The van der Waals surface area contributed by atoms with Gasteiger partial charge < -0.3 is 15.6 Å². The number of hydrogen-bond donors (Lipinski definition) is 3. The summed E-state index contributed by atoms with van der Waals surface area (Å²) in [5.41, 5.74) is 0. The maximum absolute atomic E-state index is 11.6. The molecule has 0 spiro atoms. The zero-order valence-electron chi connectivity index (χ0n) is 9.21. The monoisotopic (exact) mass is 210 g/mol. The van der Waals surface area contributed by atoms with Gasteiger partial charge in [0.15, 0.2) is 0 Å².